The standard InChI is InChI=1S/C31H37N/c1-30(2,3)23-13-17-26-27-20-25(16-18-28(27)31(4,5)29(26)19-23)32-24-14-11-22(12-15-24)21-9-7-6-8-10-21/h11-21,32H,6-10H2,1-5H3. The summed E-state index contributed by atoms with van der Waals surface area (Å²) >= 11 is 0. The van der Waals surface area contributed by atoms with E-state index in [-0.39, 0.29) is 10.8 Å². The molecule has 0 spiro atoms. The van der Waals surface area contributed by atoms with Gasteiger partial charge in [-0.2, -0.15) is 0 Å². The van der Waals surface area contributed by atoms with Gasteiger partial charge in [-0.3, -0.25) is 0 Å². The van der Waals surface area contributed by atoms with E-state index in [4.69, 9.17) is 0 Å². The second-order valence-electron chi connectivity index (χ2n) is 11.5. The van der Waals surface area contributed by atoms with Gasteiger partial charge in [0.15, 0.2) is 0 Å². The Balaban J connectivity index is 1.42. The molecular weight excluding hydrogens is 386 g/mol. The van der Waals surface area contributed by atoms with Crippen LogP contribution in [0.25, 0.3) is 11.1 Å². The molecule has 0 aromatic heterocycles. The maximum atomic E-state index is 3.66. The third-order valence-electron chi connectivity index (χ3n) is 7.82. The number of nitrogens with one attached hydrogen (secondary N) is 1. The fourth-order valence-electron chi connectivity index (χ4n) is 5.74. The van der Waals surface area contributed by atoms with Gasteiger partial charge < -0.3 is 5.32 Å². The van der Waals surface area contributed by atoms with Crippen molar-refractivity contribution in [3.05, 3.63) is 82.9 Å². The number of hydrogen-bond donors (Lipinski definition) is 1. The molecule has 1 N–H and O–H groups in total. The number of benzene rings is 3. The van der Waals surface area contributed by atoms with Crippen molar-refractivity contribution >= 4 is 11.4 Å². The van der Waals surface area contributed by atoms with Gasteiger partial charge in [0.1, 0.15) is 0 Å². The summed E-state index contributed by atoms with van der Waals surface area (Å²) in [6, 6.07) is 23.2. The van der Waals surface area contributed by atoms with Crippen molar-refractivity contribution in [3.8, 4) is 11.1 Å². The summed E-state index contributed by atoms with van der Waals surface area (Å²) in [5.41, 5.74) is 11.1. The molecule has 2 aliphatic rings. The summed E-state index contributed by atoms with van der Waals surface area (Å²) in [5.74, 6) is 0.759. The van der Waals surface area contributed by atoms with Crippen molar-refractivity contribution < 1.29 is 0 Å². The van der Waals surface area contributed by atoms with Crippen LogP contribution >= 0.6 is 0 Å². The van der Waals surface area contributed by atoms with Crippen molar-refractivity contribution in [1.82, 2.24) is 0 Å². The fraction of sp³-hybridized carbons (Fsp3) is 0.419. The Morgan fingerprint density at radius 3 is 2.09 bits per heavy atom. The lowest BCUT2D eigenvalue weighted by Crippen LogP contribution is -2.17. The zero-order chi connectivity index (χ0) is 22.5. The maximum absolute atomic E-state index is 3.66. The first-order chi connectivity index (χ1) is 15.2. The average molecular weight is 424 g/mol. The van der Waals surface area contributed by atoms with E-state index in [2.05, 4.69) is 101 Å². The Morgan fingerprint density at radius 2 is 1.41 bits per heavy atom. The lowest BCUT2D eigenvalue weighted by Gasteiger charge is -2.25. The van der Waals surface area contributed by atoms with Crippen LogP contribution in [0.15, 0.2) is 60.7 Å². The van der Waals surface area contributed by atoms with Gasteiger partial charge in [0.2, 0.25) is 0 Å². The summed E-state index contributed by atoms with van der Waals surface area (Å²) in [6.45, 7) is 11.6. The molecule has 0 heterocycles. The minimum atomic E-state index is 0.0338. The highest BCUT2D eigenvalue weighted by molar-refractivity contribution is 5.84. The van der Waals surface area contributed by atoms with E-state index in [0.717, 1.165) is 11.6 Å². The maximum Gasteiger partial charge on any atom is 0.0390 e. The van der Waals surface area contributed by atoms with Gasteiger partial charge in [-0.05, 0) is 81.8 Å². The largest absolute Gasteiger partial charge is 0.356 e. The molecule has 166 valence electrons. The molecule has 0 amide bonds. The van der Waals surface area contributed by atoms with Gasteiger partial charge in [0.05, 0.1) is 0 Å². The lowest BCUT2D eigenvalue weighted by molar-refractivity contribution is 0.443. The lowest BCUT2D eigenvalue weighted by atomic mass is 9.79. The van der Waals surface area contributed by atoms with Gasteiger partial charge in [0.25, 0.3) is 0 Å². The molecule has 1 nitrogen and oxygen atoms in total. The highest BCUT2D eigenvalue weighted by Gasteiger charge is 2.36. The predicted octanol–water partition coefficient (Wildman–Crippen LogP) is 9.08. The molecule has 0 atom stereocenters. The van der Waals surface area contributed by atoms with E-state index in [0.29, 0.717) is 0 Å². The van der Waals surface area contributed by atoms with Gasteiger partial charge in [0, 0.05) is 16.8 Å². The third-order valence-corrected chi connectivity index (χ3v) is 7.82. The molecule has 0 saturated heterocycles. The smallest absolute Gasteiger partial charge is 0.0390 e. The van der Waals surface area contributed by atoms with Crippen LogP contribution in [0.2, 0.25) is 0 Å². The second-order valence-corrected chi connectivity index (χ2v) is 11.5. The van der Waals surface area contributed by atoms with Crippen molar-refractivity contribution in [3.63, 3.8) is 0 Å². The molecule has 0 radical (unpaired) electrons. The van der Waals surface area contributed by atoms with E-state index in [1.165, 1.54) is 71.2 Å². The summed E-state index contributed by atoms with van der Waals surface area (Å²) in [7, 11) is 0. The molecule has 0 aliphatic heterocycles. The Morgan fingerprint density at radius 1 is 0.719 bits per heavy atom. The number of fused-ring (bicyclic) bond motifs is 3. The monoisotopic (exact) mass is 423 g/mol. The molecule has 32 heavy (non-hydrogen) atoms. The second kappa shape index (κ2) is 7.80. The average Bonchev–Trinajstić information content (AvgIpc) is 3.00. The molecule has 0 bridgehead atoms. The van der Waals surface area contributed by atoms with Crippen molar-refractivity contribution in [2.75, 3.05) is 5.32 Å². The fourth-order valence-corrected chi connectivity index (χ4v) is 5.74. The highest BCUT2D eigenvalue weighted by Crippen LogP contribution is 2.50. The molecule has 5 rings (SSSR count). The van der Waals surface area contributed by atoms with E-state index < -0.39 is 0 Å². The number of anilines is 2. The summed E-state index contributed by atoms with van der Waals surface area (Å²) in [5, 5.41) is 3.66. The van der Waals surface area contributed by atoms with Crippen LogP contribution in [0.5, 0.6) is 0 Å². The first-order valence-electron chi connectivity index (χ1n) is 12.4. The van der Waals surface area contributed by atoms with Crippen LogP contribution in [-0.4, -0.2) is 0 Å². The summed E-state index contributed by atoms with van der Waals surface area (Å²) in [6.07, 6.45) is 6.88. The summed E-state index contributed by atoms with van der Waals surface area (Å²) in [4.78, 5) is 0. The van der Waals surface area contributed by atoms with Crippen molar-refractivity contribution in [2.45, 2.75) is 83.5 Å². The zero-order valence-corrected chi connectivity index (χ0v) is 20.4. The molecule has 1 fully saturated rings. The normalized spacial score (nSPS) is 17.7. The Labute approximate surface area is 194 Å². The summed E-state index contributed by atoms with van der Waals surface area (Å²) < 4.78 is 0. The SMILES string of the molecule is CC(C)(C)c1ccc2c(c1)C(C)(C)c1ccc(Nc3ccc(C4CCCCC4)cc3)cc1-2. The van der Waals surface area contributed by atoms with Crippen LogP contribution in [0.4, 0.5) is 11.4 Å². The van der Waals surface area contributed by atoms with Crippen LogP contribution in [0.1, 0.15) is 94.9 Å². The molecule has 1 saturated carbocycles. The topological polar surface area (TPSA) is 12.0 Å². The predicted molar refractivity (Wildman–Crippen MR) is 138 cm³/mol. The van der Waals surface area contributed by atoms with Crippen LogP contribution in [0.3, 0.4) is 0 Å². The quantitative estimate of drug-likeness (QED) is 0.443. The van der Waals surface area contributed by atoms with E-state index in [1.54, 1.807) is 0 Å². The Hall–Kier alpha value is -2.54. The van der Waals surface area contributed by atoms with E-state index in [1.807, 2.05) is 0 Å². The van der Waals surface area contributed by atoms with Crippen molar-refractivity contribution in [2.24, 2.45) is 0 Å². The van der Waals surface area contributed by atoms with Crippen LogP contribution in [-0.2, 0) is 10.8 Å². The molecule has 3 aromatic rings. The van der Waals surface area contributed by atoms with E-state index in [9.17, 15) is 0 Å². The third kappa shape index (κ3) is 3.76. The minimum absolute atomic E-state index is 0.0338. The van der Waals surface area contributed by atoms with Crippen molar-refractivity contribution in [1.29, 1.82) is 0 Å². The first kappa shape index (κ1) is 21.3. The molecule has 0 unspecified atom stereocenters. The molecule has 3 aromatic carbocycles. The van der Waals surface area contributed by atoms with Gasteiger partial charge >= 0.3 is 0 Å². The minimum Gasteiger partial charge on any atom is -0.356 e. The highest BCUT2D eigenvalue weighted by atomic mass is 14.9. The zero-order valence-electron chi connectivity index (χ0n) is 20.4. The first-order valence-corrected chi connectivity index (χ1v) is 12.4. The Bertz CT molecular complexity index is 1120. The van der Waals surface area contributed by atoms with Gasteiger partial charge in [-0.15, -0.1) is 0 Å². The number of hydrogen-bond acceptors (Lipinski definition) is 1. The van der Waals surface area contributed by atoms with Crippen LogP contribution < -0.4 is 5.32 Å². The molecule has 1 heteroatoms. The van der Waals surface area contributed by atoms with Gasteiger partial charge in [-0.1, -0.05) is 90.3 Å². The van der Waals surface area contributed by atoms with Crippen LogP contribution in [0, 0.1) is 0 Å². The number of rotatable bonds is 3. The Kier molecular flexibility index (Phi) is 5.19. The molecular formula is C31H37N. The van der Waals surface area contributed by atoms with E-state index >= 15 is 0 Å². The van der Waals surface area contributed by atoms with Gasteiger partial charge in [-0.25, -0.2) is 0 Å². The molecule has 2 aliphatic carbocycles.